The van der Waals surface area contributed by atoms with E-state index in [1.807, 2.05) is 39.0 Å². The van der Waals surface area contributed by atoms with Gasteiger partial charge in [-0.2, -0.15) is 0 Å². The number of ether oxygens (including phenoxy) is 1. The number of hydrogen-bond acceptors (Lipinski definition) is 5. The van der Waals surface area contributed by atoms with Crippen molar-refractivity contribution in [1.82, 2.24) is 14.9 Å². The Labute approximate surface area is 170 Å². The molecular formula is C22H26N4O3. The zero-order chi connectivity index (χ0) is 20.6. The molecule has 0 bridgehead atoms. The topological polar surface area (TPSA) is 75.6 Å². The Kier molecular flexibility index (Phi) is 4.76. The van der Waals surface area contributed by atoms with E-state index < -0.39 is 11.0 Å². The van der Waals surface area contributed by atoms with Crippen molar-refractivity contribution >= 4 is 17.7 Å². The van der Waals surface area contributed by atoms with Crippen LogP contribution >= 0.6 is 0 Å². The second-order valence-corrected chi connectivity index (χ2v) is 8.71. The summed E-state index contributed by atoms with van der Waals surface area (Å²) in [5.41, 5.74) is 0.735. The molecule has 0 N–H and O–H groups in total. The van der Waals surface area contributed by atoms with E-state index in [1.54, 1.807) is 22.2 Å². The smallest absolute Gasteiger partial charge is 0.410 e. The number of β-lactam (4-membered cyclic amide) rings is 1. The maximum absolute atomic E-state index is 13.4. The molecule has 2 aliphatic rings. The third kappa shape index (κ3) is 3.45. The van der Waals surface area contributed by atoms with Gasteiger partial charge in [0.05, 0.1) is 29.5 Å². The lowest BCUT2D eigenvalue weighted by atomic mass is 9.62. The number of benzene rings is 1. The number of anilines is 1. The summed E-state index contributed by atoms with van der Waals surface area (Å²) in [6, 6.07) is 9.95. The minimum Gasteiger partial charge on any atom is -0.444 e. The van der Waals surface area contributed by atoms with E-state index in [-0.39, 0.29) is 18.0 Å². The molecule has 1 aromatic carbocycles. The van der Waals surface area contributed by atoms with Gasteiger partial charge >= 0.3 is 6.09 Å². The van der Waals surface area contributed by atoms with Crippen molar-refractivity contribution in [3.05, 3.63) is 54.6 Å². The van der Waals surface area contributed by atoms with Gasteiger partial charge in [-0.05, 0) is 39.2 Å². The first-order valence-electron chi connectivity index (χ1n) is 9.93. The standard InChI is InChI=1S/C22H26N4O3/c1-21(2,3)29-20(28)25-11-9-22(10-12-25)18(16-7-5-4-6-8-16)26(19(22)27)17-13-23-15-24-14-17/h4-8,13-15,18H,9-12H2,1-3H3. The second kappa shape index (κ2) is 7.13. The molecule has 7 heteroatoms. The second-order valence-electron chi connectivity index (χ2n) is 8.71. The maximum Gasteiger partial charge on any atom is 0.410 e. The fourth-order valence-corrected chi connectivity index (χ4v) is 4.34. The summed E-state index contributed by atoms with van der Waals surface area (Å²) in [6.07, 6.45) is 5.69. The summed E-state index contributed by atoms with van der Waals surface area (Å²) < 4.78 is 5.50. The molecule has 2 amide bonds. The number of rotatable bonds is 2. The zero-order valence-corrected chi connectivity index (χ0v) is 17.0. The lowest BCUT2D eigenvalue weighted by molar-refractivity contribution is -0.144. The monoisotopic (exact) mass is 394 g/mol. The molecule has 2 aromatic rings. The highest BCUT2D eigenvalue weighted by Crippen LogP contribution is 2.57. The summed E-state index contributed by atoms with van der Waals surface area (Å²) in [5.74, 6) is 0.0741. The quantitative estimate of drug-likeness (QED) is 0.728. The van der Waals surface area contributed by atoms with Crippen LogP contribution in [0.2, 0.25) is 0 Å². The Morgan fingerprint density at radius 1 is 1.10 bits per heavy atom. The van der Waals surface area contributed by atoms with Gasteiger partial charge in [-0.15, -0.1) is 0 Å². The molecule has 29 heavy (non-hydrogen) atoms. The molecule has 0 radical (unpaired) electrons. The van der Waals surface area contributed by atoms with Gasteiger partial charge in [0.2, 0.25) is 5.91 Å². The molecule has 1 spiro atoms. The van der Waals surface area contributed by atoms with E-state index in [0.717, 1.165) is 5.56 Å². The first kappa shape index (κ1) is 19.4. The van der Waals surface area contributed by atoms with Gasteiger partial charge in [0.1, 0.15) is 11.9 Å². The van der Waals surface area contributed by atoms with Crippen LogP contribution in [0.5, 0.6) is 0 Å². The minimum absolute atomic E-state index is 0.0741. The molecule has 2 aliphatic heterocycles. The van der Waals surface area contributed by atoms with Crippen molar-refractivity contribution in [1.29, 1.82) is 0 Å². The van der Waals surface area contributed by atoms with Crippen molar-refractivity contribution in [2.24, 2.45) is 5.41 Å². The van der Waals surface area contributed by atoms with Crippen molar-refractivity contribution in [3.8, 4) is 0 Å². The zero-order valence-electron chi connectivity index (χ0n) is 17.0. The van der Waals surface area contributed by atoms with Crippen LogP contribution in [0.1, 0.15) is 45.2 Å². The highest BCUT2D eigenvalue weighted by molar-refractivity contribution is 6.06. The van der Waals surface area contributed by atoms with Crippen molar-refractivity contribution in [2.45, 2.75) is 45.3 Å². The number of aromatic nitrogens is 2. The number of carbonyl (C=O) groups excluding carboxylic acids is 2. The van der Waals surface area contributed by atoms with E-state index in [1.165, 1.54) is 6.33 Å². The van der Waals surface area contributed by atoms with Crippen LogP contribution < -0.4 is 4.90 Å². The first-order valence-corrected chi connectivity index (χ1v) is 9.93. The SMILES string of the molecule is CC(C)(C)OC(=O)N1CCC2(CC1)C(=O)N(c1cncnc1)C2c1ccccc1. The molecule has 0 saturated carbocycles. The van der Waals surface area contributed by atoms with Crippen molar-refractivity contribution in [3.63, 3.8) is 0 Å². The average Bonchev–Trinajstić information content (AvgIpc) is 2.71. The van der Waals surface area contributed by atoms with E-state index in [4.69, 9.17) is 4.74 Å². The number of nitrogens with zero attached hydrogens (tertiary/aromatic N) is 4. The van der Waals surface area contributed by atoms with E-state index in [2.05, 4.69) is 22.1 Å². The van der Waals surface area contributed by atoms with Gasteiger partial charge in [0.25, 0.3) is 0 Å². The van der Waals surface area contributed by atoms with Crippen LogP contribution in [-0.4, -0.2) is 45.6 Å². The molecule has 1 atom stereocenters. The maximum atomic E-state index is 13.4. The molecule has 0 aliphatic carbocycles. The Balaban J connectivity index is 1.58. The number of likely N-dealkylation sites (tertiary alicyclic amines) is 1. The molecule has 152 valence electrons. The van der Waals surface area contributed by atoms with E-state index in [9.17, 15) is 9.59 Å². The summed E-state index contributed by atoms with van der Waals surface area (Å²) in [5, 5.41) is 0. The minimum atomic E-state index is -0.533. The van der Waals surface area contributed by atoms with Gasteiger partial charge in [-0.25, -0.2) is 14.8 Å². The van der Waals surface area contributed by atoms with Crippen LogP contribution in [0.25, 0.3) is 0 Å². The lowest BCUT2D eigenvalue weighted by Crippen LogP contribution is -2.67. The van der Waals surface area contributed by atoms with Crippen LogP contribution in [0.3, 0.4) is 0 Å². The molecule has 4 rings (SSSR count). The molecule has 2 saturated heterocycles. The predicted molar refractivity (Wildman–Crippen MR) is 108 cm³/mol. The normalized spacial score (nSPS) is 21.1. The van der Waals surface area contributed by atoms with Crippen LogP contribution in [0, 0.1) is 5.41 Å². The highest BCUT2D eigenvalue weighted by Gasteiger charge is 2.62. The molecule has 1 aromatic heterocycles. The van der Waals surface area contributed by atoms with Gasteiger partial charge in [0, 0.05) is 13.1 Å². The molecule has 7 nitrogen and oxygen atoms in total. The Morgan fingerprint density at radius 3 is 2.31 bits per heavy atom. The highest BCUT2D eigenvalue weighted by atomic mass is 16.6. The van der Waals surface area contributed by atoms with Gasteiger partial charge < -0.3 is 14.5 Å². The van der Waals surface area contributed by atoms with Gasteiger partial charge in [0.15, 0.2) is 0 Å². The van der Waals surface area contributed by atoms with E-state index >= 15 is 0 Å². The fourth-order valence-electron chi connectivity index (χ4n) is 4.34. The summed E-state index contributed by atoms with van der Waals surface area (Å²) in [7, 11) is 0. The molecule has 1 unspecified atom stereocenters. The number of hydrogen-bond donors (Lipinski definition) is 0. The fraction of sp³-hybridized carbons (Fsp3) is 0.455. The van der Waals surface area contributed by atoms with Crippen LogP contribution in [0.4, 0.5) is 10.5 Å². The van der Waals surface area contributed by atoms with E-state index in [0.29, 0.717) is 31.6 Å². The van der Waals surface area contributed by atoms with Gasteiger partial charge in [-0.3, -0.25) is 4.79 Å². The Morgan fingerprint density at radius 2 is 1.72 bits per heavy atom. The van der Waals surface area contributed by atoms with Crippen LogP contribution in [-0.2, 0) is 9.53 Å². The summed E-state index contributed by atoms with van der Waals surface area (Å²) in [6.45, 7) is 6.58. The third-order valence-electron chi connectivity index (χ3n) is 5.67. The van der Waals surface area contributed by atoms with Crippen molar-refractivity contribution in [2.75, 3.05) is 18.0 Å². The number of amides is 2. The van der Waals surface area contributed by atoms with Gasteiger partial charge in [-0.1, -0.05) is 30.3 Å². The molecule has 2 fully saturated rings. The lowest BCUT2D eigenvalue weighted by Gasteiger charge is -2.58. The molecular weight excluding hydrogens is 368 g/mol. The predicted octanol–water partition coefficient (Wildman–Crippen LogP) is 3.58. The third-order valence-corrected chi connectivity index (χ3v) is 5.67. The van der Waals surface area contributed by atoms with Crippen LogP contribution in [0.15, 0.2) is 49.1 Å². The van der Waals surface area contributed by atoms with Crippen molar-refractivity contribution < 1.29 is 14.3 Å². The summed E-state index contributed by atoms with van der Waals surface area (Å²) >= 11 is 0. The number of carbonyl (C=O) groups is 2. The Hall–Kier alpha value is -2.96. The summed E-state index contributed by atoms with van der Waals surface area (Å²) in [4.78, 5) is 37.5. The first-order chi connectivity index (χ1) is 13.8. The largest absolute Gasteiger partial charge is 0.444 e. The Bertz CT molecular complexity index is 887. The molecule has 3 heterocycles. The average molecular weight is 394 g/mol. The number of piperidine rings is 1.